The Morgan fingerprint density at radius 2 is 2.06 bits per heavy atom. The van der Waals surface area contributed by atoms with Crippen molar-refractivity contribution in [2.75, 3.05) is 0 Å². The van der Waals surface area contributed by atoms with Crippen LogP contribution in [-0.2, 0) is 6.18 Å². The lowest BCUT2D eigenvalue weighted by atomic mass is 10.3. The molecular weight excluding hydrogens is 261 g/mol. The highest BCUT2D eigenvalue weighted by Crippen LogP contribution is 2.33. The van der Waals surface area contributed by atoms with Crippen LogP contribution in [0.1, 0.15) is 16.2 Å². The van der Waals surface area contributed by atoms with E-state index in [0.29, 0.717) is 0 Å². The van der Waals surface area contributed by atoms with Crippen LogP contribution in [0.2, 0.25) is 5.15 Å². The number of carbonyl (C=O) groups is 1. The first kappa shape index (κ1) is 11.7. The molecule has 0 aliphatic heterocycles. The third-order valence-electron chi connectivity index (χ3n) is 2.07. The number of hydrogen-bond acceptors (Lipinski definition) is 2. The van der Waals surface area contributed by atoms with Crippen LogP contribution in [0.15, 0.2) is 18.2 Å². The number of carboxylic acid groups (broad SMARTS) is 1. The Kier molecular flexibility index (Phi) is 2.50. The number of nitrogens with zero attached hydrogens (tertiary/aromatic N) is 2. The molecule has 0 aliphatic rings. The average molecular weight is 265 g/mol. The van der Waals surface area contributed by atoms with Gasteiger partial charge in [0.2, 0.25) is 0 Å². The number of fused-ring (bicyclic) bond motifs is 1. The Hall–Kier alpha value is -1.76. The first-order chi connectivity index (χ1) is 7.82. The lowest BCUT2D eigenvalue weighted by molar-refractivity contribution is -0.141. The Morgan fingerprint density at radius 1 is 1.41 bits per heavy atom. The van der Waals surface area contributed by atoms with E-state index in [2.05, 4.69) is 4.98 Å². The number of carboxylic acids is 1. The molecule has 8 heteroatoms. The van der Waals surface area contributed by atoms with E-state index in [1.54, 1.807) is 0 Å². The van der Waals surface area contributed by atoms with Gasteiger partial charge in [-0.05, 0) is 12.1 Å². The largest absolute Gasteiger partial charge is 0.476 e. The number of aromatic carboxylic acids is 1. The number of hydrogen-bond donors (Lipinski definition) is 1. The molecule has 0 fully saturated rings. The van der Waals surface area contributed by atoms with Gasteiger partial charge in [-0.25, -0.2) is 9.78 Å². The molecule has 2 aromatic heterocycles. The minimum Gasteiger partial charge on any atom is -0.476 e. The van der Waals surface area contributed by atoms with Gasteiger partial charge in [0.1, 0.15) is 10.8 Å². The Morgan fingerprint density at radius 3 is 2.59 bits per heavy atom. The van der Waals surface area contributed by atoms with Gasteiger partial charge in [-0.15, -0.1) is 0 Å². The van der Waals surface area contributed by atoms with Crippen LogP contribution in [0.5, 0.6) is 0 Å². The molecule has 0 spiro atoms. The third kappa shape index (κ3) is 1.82. The average Bonchev–Trinajstić information content (AvgIpc) is 2.57. The Bertz CT molecular complexity index is 606. The normalized spacial score (nSPS) is 12.0. The summed E-state index contributed by atoms with van der Waals surface area (Å²) in [5.41, 5.74) is -2.61. The number of aromatic nitrogens is 2. The first-order valence-corrected chi connectivity index (χ1v) is 4.67. The van der Waals surface area contributed by atoms with Crippen molar-refractivity contribution in [2.45, 2.75) is 6.18 Å². The number of rotatable bonds is 1. The number of halogens is 4. The molecule has 17 heavy (non-hydrogen) atoms. The van der Waals surface area contributed by atoms with Crippen LogP contribution < -0.4 is 0 Å². The highest BCUT2D eigenvalue weighted by Gasteiger charge is 2.40. The summed E-state index contributed by atoms with van der Waals surface area (Å²) in [7, 11) is 0. The van der Waals surface area contributed by atoms with Crippen molar-refractivity contribution in [3.05, 3.63) is 34.7 Å². The van der Waals surface area contributed by atoms with E-state index < -0.39 is 23.5 Å². The lowest BCUT2D eigenvalue weighted by Crippen LogP contribution is -2.14. The SMILES string of the molecule is O=C(O)c1c(C(F)(F)F)nc2cccc(Cl)n12. The molecule has 4 nitrogen and oxygen atoms in total. The predicted molar refractivity (Wildman–Crippen MR) is 52.2 cm³/mol. The highest BCUT2D eigenvalue weighted by atomic mass is 35.5. The number of alkyl halides is 3. The molecule has 0 radical (unpaired) electrons. The van der Waals surface area contributed by atoms with Crippen LogP contribution in [0.25, 0.3) is 5.65 Å². The van der Waals surface area contributed by atoms with E-state index in [0.717, 1.165) is 4.40 Å². The second-order valence-electron chi connectivity index (χ2n) is 3.15. The Balaban J connectivity index is 2.91. The molecule has 1 N–H and O–H groups in total. The summed E-state index contributed by atoms with van der Waals surface area (Å²) in [6, 6.07) is 3.91. The molecular formula is C9H4ClF3N2O2. The monoisotopic (exact) mass is 264 g/mol. The van der Waals surface area contributed by atoms with Gasteiger partial charge in [-0.3, -0.25) is 4.40 Å². The van der Waals surface area contributed by atoms with Gasteiger partial charge in [0.25, 0.3) is 0 Å². The fraction of sp³-hybridized carbons (Fsp3) is 0.111. The smallest absolute Gasteiger partial charge is 0.435 e. The minimum atomic E-state index is -4.84. The molecule has 0 aliphatic carbocycles. The van der Waals surface area contributed by atoms with Crippen LogP contribution in [-0.4, -0.2) is 20.5 Å². The van der Waals surface area contributed by atoms with Crippen molar-refractivity contribution in [3.8, 4) is 0 Å². The van der Waals surface area contributed by atoms with Gasteiger partial charge in [0.15, 0.2) is 11.4 Å². The maximum atomic E-state index is 12.6. The molecule has 0 saturated carbocycles. The molecule has 90 valence electrons. The predicted octanol–water partition coefficient (Wildman–Crippen LogP) is 2.70. The molecule has 0 unspecified atom stereocenters. The van der Waals surface area contributed by atoms with Crippen molar-refractivity contribution >= 4 is 23.2 Å². The standard InChI is InChI=1S/C9H4ClF3N2O2/c10-4-2-1-3-5-14-7(9(11,12)13)6(8(16)17)15(4)5/h1-3H,(H,16,17). The molecule has 2 rings (SSSR count). The molecule has 0 atom stereocenters. The molecule has 2 aromatic rings. The molecule has 0 bridgehead atoms. The minimum absolute atomic E-state index is 0.150. The topological polar surface area (TPSA) is 54.6 Å². The van der Waals surface area contributed by atoms with Gasteiger partial charge >= 0.3 is 12.1 Å². The van der Waals surface area contributed by atoms with Crippen LogP contribution in [0.4, 0.5) is 13.2 Å². The summed E-state index contributed by atoms with van der Waals surface area (Å²) >= 11 is 5.66. The second kappa shape index (κ2) is 3.63. The van der Waals surface area contributed by atoms with Crippen molar-refractivity contribution in [3.63, 3.8) is 0 Å². The van der Waals surface area contributed by atoms with E-state index in [9.17, 15) is 18.0 Å². The first-order valence-electron chi connectivity index (χ1n) is 4.30. The van der Waals surface area contributed by atoms with E-state index >= 15 is 0 Å². The summed E-state index contributed by atoms with van der Waals surface area (Å²) in [6.07, 6.45) is -4.84. The van der Waals surface area contributed by atoms with Gasteiger partial charge in [0, 0.05) is 0 Å². The summed E-state index contributed by atoms with van der Waals surface area (Å²) in [5.74, 6) is -1.74. The van der Waals surface area contributed by atoms with Crippen LogP contribution in [0.3, 0.4) is 0 Å². The summed E-state index contributed by atoms with van der Waals surface area (Å²) in [6.45, 7) is 0. The summed E-state index contributed by atoms with van der Waals surface area (Å²) < 4.78 is 38.5. The quantitative estimate of drug-likeness (QED) is 0.806. The second-order valence-corrected chi connectivity index (χ2v) is 3.54. The summed E-state index contributed by atoms with van der Waals surface area (Å²) in [4.78, 5) is 14.1. The molecule has 2 heterocycles. The van der Waals surface area contributed by atoms with Crippen LogP contribution >= 0.6 is 11.6 Å². The summed E-state index contributed by atoms with van der Waals surface area (Å²) in [5, 5.41) is 8.67. The van der Waals surface area contributed by atoms with E-state index in [4.69, 9.17) is 16.7 Å². The van der Waals surface area contributed by atoms with Gasteiger partial charge < -0.3 is 5.11 Å². The van der Waals surface area contributed by atoms with Crippen molar-refractivity contribution < 1.29 is 23.1 Å². The van der Waals surface area contributed by atoms with E-state index in [-0.39, 0.29) is 10.8 Å². The van der Waals surface area contributed by atoms with Crippen molar-refractivity contribution in [1.29, 1.82) is 0 Å². The van der Waals surface area contributed by atoms with E-state index in [1.807, 2.05) is 0 Å². The van der Waals surface area contributed by atoms with Gasteiger partial charge in [0.05, 0.1) is 0 Å². The lowest BCUT2D eigenvalue weighted by Gasteiger charge is -2.04. The third-order valence-corrected chi connectivity index (χ3v) is 2.36. The highest BCUT2D eigenvalue weighted by molar-refractivity contribution is 6.30. The van der Waals surface area contributed by atoms with Crippen molar-refractivity contribution in [1.82, 2.24) is 9.38 Å². The van der Waals surface area contributed by atoms with Gasteiger partial charge in [-0.1, -0.05) is 17.7 Å². The molecule has 0 amide bonds. The number of imidazole rings is 1. The zero-order valence-corrected chi connectivity index (χ0v) is 8.75. The van der Waals surface area contributed by atoms with Crippen LogP contribution in [0, 0.1) is 0 Å². The molecule has 0 aromatic carbocycles. The Labute approximate surface area is 97.3 Å². The fourth-order valence-electron chi connectivity index (χ4n) is 1.45. The zero-order chi connectivity index (χ0) is 12.8. The number of pyridine rings is 1. The maximum absolute atomic E-state index is 12.6. The van der Waals surface area contributed by atoms with E-state index in [1.165, 1.54) is 18.2 Å². The maximum Gasteiger partial charge on any atom is 0.435 e. The van der Waals surface area contributed by atoms with Gasteiger partial charge in [-0.2, -0.15) is 13.2 Å². The molecule has 0 saturated heterocycles. The zero-order valence-electron chi connectivity index (χ0n) is 7.99. The van der Waals surface area contributed by atoms with Crippen molar-refractivity contribution in [2.24, 2.45) is 0 Å². The fourth-order valence-corrected chi connectivity index (χ4v) is 1.69.